The van der Waals surface area contributed by atoms with Crippen molar-refractivity contribution in [2.24, 2.45) is 0 Å². The van der Waals surface area contributed by atoms with E-state index < -0.39 is 0 Å². The van der Waals surface area contributed by atoms with Gasteiger partial charge in [0.15, 0.2) is 0 Å². The number of likely N-dealkylation sites (tertiary alicyclic amines) is 1. The third kappa shape index (κ3) is 4.01. The highest BCUT2D eigenvalue weighted by Gasteiger charge is 2.19. The number of aryl methyl sites for hydroxylation is 1. The number of aromatic nitrogens is 2. The fourth-order valence-corrected chi connectivity index (χ4v) is 3.93. The van der Waals surface area contributed by atoms with Crippen LogP contribution in [0, 0.1) is 0 Å². The third-order valence-electron chi connectivity index (χ3n) is 5.45. The van der Waals surface area contributed by atoms with Crippen LogP contribution in [0.1, 0.15) is 19.3 Å². The van der Waals surface area contributed by atoms with Crippen LogP contribution in [0.15, 0.2) is 53.3 Å². The van der Waals surface area contributed by atoms with Crippen LogP contribution in [0.2, 0.25) is 0 Å². The lowest BCUT2D eigenvalue weighted by atomic mass is 10.0. The second-order valence-electron chi connectivity index (χ2n) is 7.30. The molecule has 27 heavy (non-hydrogen) atoms. The zero-order valence-electron chi connectivity index (χ0n) is 15.5. The van der Waals surface area contributed by atoms with Gasteiger partial charge in [0.1, 0.15) is 0 Å². The van der Waals surface area contributed by atoms with Gasteiger partial charge in [-0.2, -0.15) is 0 Å². The molecule has 0 atom stereocenters. The fourth-order valence-electron chi connectivity index (χ4n) is 3.93. The number of fused-ring (bicyclic) bond motifs is 1. The maximum atomic E-state index is 12.1. The van der Waals surface area contributed by atoms with Crippen molar-refractivity contribution in [2.45, 2.75) is 31.8 Å². The highest BCUT2D eigenvalue weighted by atomic mass is 16.1. The van der Waals surface area contributed by atoms with Crippen LogP contribution in [-0.4, -0.2) is 40.1 Å². The molecule has 1 aromatic heterocycles. The number of anilines is 2. The smallest absolute Gasteiger partial charge is 0.326 e. The van der Waals surface area contributed by atoms with Crippen molar-refractivity contribution >= 4 is 22.4 Å². The summed E-state index contributed by atoms with van der Waals surface area (Å²) in [6, 6.07) is 16.3. The minimum absolute atomic E-state index is 0.0143. The number of hydrogen-bond acceptors (Lipinski definition) is 4. The summed E-state index contributed by atoms with van der Waals surface area (Å²) in [6.07, 6.45) is 3.20. The molecule has 4 rings (SSSR count). The number of imidazole rings is 1. The van der Waals surface area contributed by atoms with Gasteiger partial charge in [0.2, 0.25) is 0 Å². The first-order valence-electron chi connectivity index (χ1n) is 9.71. The number of nitrogen functional groups attached to an aromatic ring is 1. The Hall–Kier alpha value is -2.73. The first-order valence-corrected chi connectivity index (χ1v) is 9.71. The molecular weight excluding hydrogens is 338 g/mol. The van der Waals surface area contributed by atoms with Crippen LogP contribution in [-0.2, 0) is 6.54 Å². The molecule has 0 aliphatic carbocycles. The Kier molecular flexibility index (Phi) is 5.16. The number of rotatable bonds is 6. The van der Waals surface area contributed by atoms with E-state index in [1.54, 1.807) is 0 Å². The van der Waals surface area contributed by atoms with Crippen LogP contribution in [0.25, 0.3) is 11.0 Å². The number of H-pyrrole nitrogens is 1. The van der Waals surface area contributed by atoms with E-state index in [-0.39, 0.29) is 5.69 Å². The van der Waals surface area contributed by atoms with Crippen LogP contribution in [0.4, 0.5) is 11.4 Å². The average Bonchev–Trinajstić information content (AvgIpc) is 3.00. The van der Waals surface area contributed by atoms with E-state index in [1.807, 2.05) is 53.1 Å². The fraction of sp³-hybridized carbons (Fsp3) is 0.381. The normalized spacial score (nSPS) is 16.0. The van der Waals surface area contributed by atoms with E-state index in [4.69, 9.17) is 5.73 Å². The number of nitrogens with two attached hydrogens (primary N) is 1. The summed E-state index contributed by atoms with van der Waals surface area (Å²) < 4.78 is 1.85. The monoisotopic (exact) mass is 365 g/mol. The number of para-hydroxylation sites is 4. The lowest BCUT2D eigenvalue weighted by Crippen LogP contribution is -2.40. The molecule has 1 aliphatic rings. The maximum absolute atomic E-state index is 12.1. The van der Waals surface area contributed by atoms with Crippen LogP contribution >= 0.6 is 0 Å². The average molecular weight is 365 g/mol. The molecule has 1 fully saturated rings. The molecule has 142 valence electrons. The molecule has 0 amide bonds. The van der Waals surface area contributed by atoms with Gasteiger partial charge < -0.3 is 20.9 Å². The summed E-state index contributed by atoms with van der Waals surface area (Å²) in [6.45, 7) is 3.92. The number of nitrogens with one attached hydrogen (secondary N) is 2. The van der Waals surface area contributed by atoms with Crippen molar-refractivity contribution in [1.82, 2.24) is 14.5 Å². The Labute approximate surface area is 159 Å². The summed E-state index contributed by atoms with van der Waals surface area (Å²) >= 11 is 0. The summed E-state index contributed by atoms with van der Waals surface area (Å²) in [5.41, 5.74) is 9.76. The Bertz CT molecular complexity index is 952. The second kappa shape index (κ2) is 7.88. The molecule has 1 saturated heterocycles. The molecular formula is C21H27N5O. The molecule has 0 saturated carbocycles. The molecule has 0 unspecified atom stereocenters. The van der Waals surface area contributed by atoms with Gasteiger partial charge >= 0.3 is 5.69 Å². The number of hydrogen-bond donors (Lipinski definition) is 3. The predicted molar refractivity (Wildman–Crippen MR) is 111 cm³/mol. The van der Waals surface area contributed by atoms with Gasteiger partial charge in [0.05, 0.1) is 22.4 Å². The number of aromatic amines is 1. The number of nitrogens with zero attached hydrogens (tertiary/aromatic N) is 2. The second-order valence-corrected chi connectivity index (χ2v) is 7.30. The molecule has 0 radical (unpaired) electrons. The molecule has 4 N–H and O–H groups in total. The van der Waals surface area contributed by atoms with E-state index in [0.717, 1.165) is 67.8 Å². The van der Waals surface area contributed by atoms with E-state index in [9.17, 15) is 4.79 Å². The minimum Gasteiger partial charge on any atom is -0.397 e. The van der Waals surface area contributed by atoms with Crippen molar-refractivity contribution in [3.8, 4) is 0 Å². The van der Waals surface area contributed by atoms with Gasteiger partial charge in [-0.05, 0) is 50.1 Å². The quantitative estimate of drug-likeness (QED) is 0.587. The first-order chi connectivity index (χ1) is 13.2. The van der Waals surface area contributed by atoms with Crippen molar-refractivity contribution in [3.05, 3.63) is 59.0 Å². The molecule has 3 aromatic rings. The van der Waals surface area contributed by atoms with Gasteiger partial charge in [0, 0.05) is 25.7 Å². The van der Waals surface area contributed by atoms with Crippen molar-refractivity contribution in [1.29, 1.82) is 0 Å². The number of benzene rings is 2. The Morgan fingerprint density at radius 3 is 2.59 bits per heavy atom. The highest BCUT2D eigenvalue weighted by Crippen LogP contribution is 2.21. The molecule has 0 spiro atoms. The summed E-state index contributed by atoms with van der Waals surface area (Å²) in [7, 11) is 0. The lowest BCUT2D eigenvalue weighted by Gasteiger charge is -2.33. The molecule has 6 heteroatoms. The maximum Gasteiger partial charge on any atom is 0.326 e. The summed E-state index contributed by atoms with van der Waals surface area (Å²) in [5, 5.41) is 3.57. The first kappa shape index (κ1) is 17.7. The van der Waals surface area contributed by atoms with Gasteiger partial charge in [-0.3, -0.25) is 4.57 Å². The SMILES string of the molecule is Nc1ccccc1NC1CCN(CCCn2c(=O)[nH]c3ccccc32)CC1. The third-order valence-corrected chi connectivity index (χ3v) is 5.45. The van der Waals surface area contributed by atoms with Crippen molar-refractivity contribution in [3.63, 3.8) is 0 Å². The van der Waals surface area contributed by atoms with E-state index in [2.05, 4.69) is 15.2 Å². The Morgan fingerprint density at radius 1 is 1.04 bits per heavy atom. The Morgan fingerprint density at radius 2 is 1.78 bits per heavy atom. The number of piperidine rings is 1. The molecule has 1 aliphatic heterocycles. The molecule has 6 nitrogen and oxygen atoms in total. The molecule has 2 heterocycles. The molecule has 2 aromatic carbocycles. The van der Waals surface area contributed by atoms with Gasteiger partial charge in [0.25, 0.3) is 0 Å². The van der Waals surface area contributed by atoms with Gasteiger partial charge in [-0.15, -0.1) is 0 Å². The summed E-state index contributed by atoms with van der Waals surface area (Å²) in [5.74, 6) is 0. The van der Waals surface area contributed by atoms with E-state index in [0.29, 0.717) is 6.04 Å². The summed E-state index contributed by atoms with van der Waals surface area (Å²) in [4.78, 5) is 17.6. The largest absolute Gasteiger partial charge is 0.397 e. The zero-order valence-corrected chi connectivity index (χ0v) is 15.5. The standard InChI is InChI=1S/C21H27N5O/c22-17-6-1-2-7-18(17)23-16-10-14-25(15-11-16)12-5-13-26-20-9-4-3-8-19(20)24-21(26)27/h1-4,6-9,16,23H,5,10-15,22H2,(H,24,27). The van der Waals surface area contributed by atoms with Gasteiger partial charge in [-0.1, -0.05) is 24.3 Å². The highest BCUT2D eigenvalue weighted by molar-refractivity contribution is 5.74. The lowest BCUT2D eigenvalue weighted by molar-refractivity contribution is 0.213. The van der Waals surface area contributed by atoms with Crippen molar-refractivity contribution < 1.29 is 0 Å². The topological polar surface area (TPSA) is 79.1 Å². The van der Waals surface area contributed by atoms with Crippen molar-refractivity contribution in [2.75, 3.05) is 30.7 Å². The van der Waals surface area contributed by atoms with Gasteiger partial charge in [-0.25, -0.2) is 4.79 Å². The zero-order chi connectivity index (χ0) is 18.6. The van der Waals surface area contributed by atoms with Crippen LogP contribution in [0.5, 0.6) is 0 Å². The minimum atomic E-state index is -0.0143. The predicted octanol–water partition coefficient (Wildman–Crippen LogP) is 2.88. The van der Waals surface area contributed by atoms with E-state index in [1.165, 1.54) is 0 Å². The van der Waals surface area contributed by atoms with Crippen LogP contribution in [0.3, 0.4) is 0 Å². The van der Waals surface area contributed by atoms with Crippen LogP contribution < -0.4 is 16.7 Å². The van der Waals surface area contributed by atoms with E-state index >= 15 is 0 Å². The molecule has 0 bridgehead atoms. The Balaban J connectivity index is 1.26.